The summed E-state index contributed by atoms with van der Waals surface area (Å²) >= 11 is 0. The second-order valence-corrected chi connectivity index (χ2v) is 10.4. The van der Waals surface area contributed by atoms with Gasteiger partial charge in [0.05, 0.1) is 84.4 Å². The number of cyclic esters (lactones) is 4. The minimum atomic E-state index is -0.670. The lowest BCUT2D eigenvalue weighted by Gasteiger charge is -2.33. The van der Waals surface area contributed by atoms with Crippen molar-refractivity contribution in [2.75, 3.05) is 79.3 Å². The molecule has 0 N–H and O–H groups in total. The lowest BCUT2D eigenvalue weighted by atomic mass is 9.88. The minimum Gasteiger partial charge on any atom is -0.430 e. The molecule has 0 radical (unpaired) electrons. The number of carbonyl (C=O) groups excluding carboxylic acids is 2. The first-order valence-corrected chi connectivity index (χ1v) is 13.6. The van der Waals surface area contributed by atoms with Crippen LogP contribution < -0.4 is 0 Å². The van der Waals surface area contributed by atoms with Gasteiger partial charge in [0.1, 0.15) is 19.3 Å². The largest absolute Gasteiger partial charge is 0.508 e. The maximum atomic E-state index is 11.1. The third-order valence-corrected chi connectivity index (χ3v) is 6.43. The monoisotopic (exact) mass is 564 g/mol. The van der Waals surface area contributed by atoms with E-state index in [0.717, 1.165) is 13.0 Å². The molecule has 3 fully saturated rings. The van der Waals surface area contributed by atoms with Gasteiger partial charge < -0.3 is 52.1 Å². The Morgan fingerprint density at radius 1 is 0.692 bits per heavy atom. The molecule has 0 aromatic carbocycles. The Kier molecular flexibility index (Phi) is 13.5. The van der Waals surface area contributed by atoms with E-state index in [0.29, 0.717) is 46.2 Å². The van der Waals surface area contributed by atoms with E-state index >= 15 is 0 Å². The molecule has 226 valence electrons. The summed E-state index contributed by atoms with van der Waals surface area (Å²) in [6, 6.07) is 0. The second-order valence-electron chi connectivity index (χ2n) is 10.4. The quantitative estimate of drug-likeness (QED) is 0.140. The molecule has 3 saturated heterocycles. The van der Waals surface area contributed by atoms with Crippen LogP contribution in [0.1, 0.15) is 34.1 Å². The Bertz CT molecular complexity index is 689. The third-order valence-electron chi connectivity index (χ3n) is 6.43. The third kappa shape index (κ3) is 12.5. The van der Waals surface area contributed by atoms with Crippen LogP contribution in [-0.2, 0) is 52.1 Å². The van der Waals surface area contributed by atoms with Crippen LogP contribution in [0.5, 0.6) is 0 Å². The number of rotatable bonds is 22. The molecule has 0 aromatic rings. The van der Waals surface area contributed by atoms with Crippen molar-refractivity contribution in [2.24, 2.45) is 5.41 Å². The molecule has 0 aliphatic carbocycles. The maximum absolute atomic E-state index is 11.1. The van der Waals surface area contributed by atoms with Crippen molar-refractivity contribution in [1.82, 2.24) is 0 Å². The van der Waals surface area contributed by atoms with Crippen molar-refractivity contribution in [3.05, 3.63) is 0 Å². The summed E-state index contributed by atoms with van der Waals surface area (Å²) in [5, 5.41) is 0. The molecule has 0 spiro atoms. The Morgan fingerprint density at radius 2 is 1.08 bits per heavy atom. The highest BCUT2D eigenvalue weighted by molar-refractivity contribution is 5.62. The first kappa shape index (κ1) is 31.8. The van der Waals surface area contributed by atoms with Crippen LogP contribution in [0, 0.1) is 5.41 Å². The van der Waals surface area contributed by atoms with Gasteiger partial charge in [0, 0.05) is 5.41 Å². The summed E-state index contributed by atoms with van der Waals surface area (Å²) in [4.78, 5) is 22.1. The fourth-order valence-corrected chi connectivity index (χ4v) is 3.77. The van der Waals surface area contributed by atoms with E-state index in [1.807, 2.05) is 20.8 Å². The standard InChI is InChI=1S/C26H44O13/c1-5-26(15-29-6-18(2)32-9-21-10-35-21,16-30-7-19(3)33-11-22-13-36-24(27)38-22)17-31-8-20(4)34-12-23-14-37-25(28)39-23/h18-23H,5-17H2,1-4H3. The zero-order chi connectivity index (χ0) is 28.1. The van der Waals surface area contributed by atoms with E-state index < -0.39 is 29.9 Å². The maximum Gasteiger partial charge on any atom is 0.508 e. The highest BCUT2D eigenvalue weighted by atomic mass is 16.8. The summed E-state index contributed by atoms with van der Waals surface area (Å²) in [5.74, 6) is 0. The van der Waals surface area contributed by atoms with E-state index in [1.54, 1.807) is 0 Å². The van der Waals surface area contributed by atoms with Gasteiger partial charge in [-0.3, -0.25) is 0 Å². The molecule has 3 rings (SSSR count). The smallest absolute Gasteiger partial charge is 0.430 e. The Labute approximate surface area is 229 Å². The number of ether oxygens (including phenoxy) is 11. The van der Waals surface area contributed by atoms with Gasteiger partial charge in [0.2, 0.25) is 0 Å². The molecule has 0 aromatic heterocycles. The molecular formula is C26H44O13. The number of hydrogen-bond acceptors (Lipinski definition) is 13. The second kappa shape index (κ2) is 16.5. The SMILES string of the molecule is CCC(COCC(C)OCC1CO1)(COCC(C)OCC1COC(=O)O1)COCC(C)OCC1COC(=O)O1. The summed E-state index contributed by atoms with van der Waals surface area (Å²) in [7, 11) is 0. The van der Waals surface area contributed by atoms with E-state index in [-0.39, 0.29) is 50.8 Å². The van der Waals surface area contributed by atoms with Gasteiger partial charge in [0.25, 0.3) is 0 Å². The molecule has 3 aliphatic rings. The average Bonchev–Trinajstić information content (AvgIpc) is 3.51. The number of carbonyl (C=O) groups is 2. The van der Waals surface area contributed by atoms with Crippen LogP contribution in [0.3, 0.4) is 0 Å². The zero-order valence-corrected chi connectivity index (χ0v) is 23.5. The van der Waals surface area contributed by atoms with E-state index in [1.165, 1.54) is 0 Å². The molecule has 39 heavy (non-hydrogen) atoms. The number of hydrogen-bond donors (Lipinski definition) is 0. The molecule has 13 nitrogen and oxygen atoms in total. The summed E-state index contributed by atoms with van der Waals surface area (Å²) in [6.45, 7) is 12.4. The van der Waals surface area contributed by atoms with E-state index in [9.17, 15) is 9.59 Å². The van der Waals surface area contributed by atoms with Crippen LogP contribution in [0.25, 0.3) is 0 Å². The normalized spacial score (nSPS) is 26.2. The Balaban J connectivity index is 1.40. The highest BCUT2D eigenvalue weighted by Gasteiger charge is 2.32. The van der Waals surface area contributed by atoms with Crippen molar-refractivity contribution in [3.63, 3.8) is 0 Å². The number of epoxide rings is 1. The predicted octanol–water partition coefficient (Wildman–Crippen LogP) is 2.12. The van der Waals surface area contributed by atoms with E-state index in [4.69, 9.17) is 52.1 Å². The predicted molar refractivity (Wildman–Crippen MR) is 134 cm³/mol. The van der Waals surface area contributed by atoms with Crippen LogP contribution in [0.2, 0.25) is 0 Å². The van der Waals surface area contributed by atoms with E-state index in [2.05, 4.69) is 6.92 Å². The van der Waals surface area contributed by atoms with Crippen molar-refractivity contribution in [1.29, 1.82) is 0 Å². The van der Waals surface area contributed by atoms with Gasteiger partial charge in [-0.15, -0.1) is 0 Å². The summed E-state index contributed by atoms with van der Waals surface area (Å²) < 4.78 is 60.1. The van der Waals surface area contributed by atoms with Crippen molar-refractivity contribution < 1.29 is 61.7 Å². The fourth-order valence-electron chi connectivity index (χ4n) is 3.77. The van der Waals surface area contributed by atoms with Gasteiger partial charge in [-0.25, -0.2) is 9.59 Å². The zero-order valence-electron chi connectivity index (χ0n) is 23.5. The molecule has 0 amide bonds. The lowest BCUT2D eigenvalue weighted by Crippen LogP contribution is -2.39. The fraction of sp³-hybridized carbons (Fsp3) is 0.923. The average molecular weight is 565 g/mol. The highest BCUT2D eigenvalue weighted by Crippen LogP contribution is 2.25. The first-order chi connectivity index (χ1) is 18.8. The Morgan fingerprint density at radius 3 is 1.38 bits per heavy atom. The first-order valence-electron chi connectivity index (χ1n) is 13.6. The molecule has 3 heterocycles. The van der Waals surface area contributed by atoms with Gasteiger partial charge in [-0.2, -0.15) is 0 Å². The van der Waals surface area contributed by atoms with Crippen LogP contribution in [-0.4, -0.2) is 128 Å². The van der Waals surface area contributed by atoms with Crippen LogP contribution in [0.4, 0.5) is 9.59 Å². The van der Waals surface area contributed by atoms with Crippen LogP contribution in [0.15, 0.2) is 0 Å². The topological polar surface area (TPSA) is 139 Å². The lowest BCUT2D eigenvalue weighted by molar-refractivity contribution is -0.113. The van der Waals surface area contributed by atoms with Gasteiger partial charge >= 0.3 is 12.3 Å². The molecule has 3 aliphatic heterocycles. The Hall–Kier alpha value is -1.74. The summed E-state index contributed by atoms with van der Waals surface area (Å²) in [6.07, 6.45) is -1.65. The van der Waals surface area contributed by atoms with Gasteiger partial charge in [-0.05, 0) is 27.2 Å². The minimum absolute atomic E-state index is 0.0604. The van der Waals surface area contributed by atoms with Crippen molar-refractivity contribution >= 4 is 12.3 Å². The van der Waals surface area contributed by atoms with Crippen molar-refractivity contribution in [3.8, 4) is 0 Å². The molecule has 13 heteroatoms. The van der Waals surface area contributed by atoms with Crippen molar-refractivity contribution in [2.45, 2.75) is 70.7 Å². The molecule has 6 atom stereocenters. The van der Waals surface area contributed by atoms with Gasteiger partial charge in [0.15, 0.2) is 12.2 Å². The molecule has 6 unspecified atom stereocenters. The molecular weight excluding hydrogens is 520 g/mol. The van der Waals surface area contributed by atoms with Gasteiger partial charge in [-0.1, -0.05) is 6.92 Å². The van der Waals surface area contributed by atoms with Crippen LogP contribution >= 0.6 is 0 Å². The molecule has 0 saturated carbocycles. The molecule has 0 bridgehead atoms. The summed E-state index contributed by atoms with van der Waals surface area (Å²) in [5.41, 5.74) is -0.400.